The number of aryl methyl sites for hydroxylation is 1. The van der Waals surface area contributed by atoms with Gasteiger partial charge in [-0.25, -0.2) is 4.79 Å². The number of carbonyl (C=O) groups is 2. The molecule has 2 heterocycles. The molecule has 2 aromatic heterocycles. The second-order valence-electron chi connectivity index (χ2n) is 6.89. The van der Waals surface area contributed by atoms with Gasteiger partial charge in [0.15, 0.2) is 6.10 Å². The molecule has 9 heteroatoms. The molecule has 2 N–H and O–H groups in total. The molecule has 0 aliphatic heterocycles. The standard InChI is InChI=1S/C21H21N3O6/c1-12-9-17(13(2)23(12)11-16-5-4-8-29-16)20(25)14(3)30-21(26)15-6-7-18(22)19(10-15)24(27)28/h4-10,14H,11,22H2,1-3H3/t14-/m0/s1. The Bertz CT molecular complexity index is 1110. The number of nitro benzene ring substituents is 1. The van der Waals surface area contributed by atoms with Crippen molar-refractivity contribution in [1.29, 1.82) is 0 Å². The van der Waals surface area contributed by atoms with Gasteiger partial charge in [-0.05, 0) is 51.1 Å². The molecule has 3 aromatic rings. The van der Waals surface area contributed by atoms with E-state index in [1.165, 1.54) is 19.1 Å². The smallest absolute Gasteiger partial charge is 0.339 e. The van der Waals surface area contributed by atoms with E-state index < -0.39 is 22.7 Å². The molecule has 9 nitrogen and oxygen atoms in total. The molecule has 0 amide bonds. The Balaban J connectivity index is 1.77. The van der Waals surface area contributed by atoms with Crippen molar-refractivity contribution >= 4 is 23.1 Å². The number of nitrogens with two attached hydrogens (primary N) is 1. The van der Waals surface area contributed by atoms with E-state index in [2.05, 4.69) is 0 Å². The van der Waals surface area contributed by atoms with Crippen LogP contribution < -0.4 is 5.73 Å². The van der Waals surface area contributed by atoms with Crippen LogP contribution in [0.1, 0.15) is 44.8 Å². The first-order chi connectivity index (χ1) is 14.2. The van der Waals surface area contributed by atoms with Gasteiger partial charge in [0.25, 0.3) is 5.69 Å². The summed E-state index contributed by atoms with van der Waals surface area (Å²) < 4.78 is 12.6. The average molecular weight is 411 g/mol. The number of hydrogen-bond acceptors (Lipinski definition) is 7. The van der Waals surface area contributed by atoms with Gasteiger partial charge in [0.05, 0.1) is 23.3 Å². The number of rotatable bonds is 7. The number of nitro groups is 1. The molecule has 1 aromatic carbocycles. The lowest BCUT2D eigenvalue weighted by Crippen LogP contribution is -2.25. The number of nitrogens with zero attached hydrogens (tertiary/aromatic N) is 2. The van der Waals surface area contributed by atoms with Crippen LogP contribution >= 0.6 is 0 Å². The second-order valence-corrected chi connectivity index (χ2v) is 6.89. The Labute approximate surface area is 172 Å². The molecule has 0 saturated carbocycles. The van der Waals surface area contributed by atoms with Crippen molar-refractivity contribution in [1.82, 2.24) is 4.57 Å². The number of nitrogen functional groups attached to an aromatic ring is 1. The molecule has 0 fully saturated rings. The Kier molecular flexibility index (Phi) is 5.72. The number of ketones is 1. The lowest BCUT2D eigenvalue weighted by Gasteiger charge is -2.13. The monoisotopic (exact) mass is 411 g/mol. The number of ether oxygens (including phenoxy) is 1. The van der Waals surface area contributed by atoms with Gasteiger partial charge < -0.3 is 19.5 Å². The quantitative estimate of drug-likeness (QED) is 0.206. The molecule has 0 radical (unpaired) electrons. The Morgan fingerprint density at radius 3 is 2.63 bits per heavy atom. The first kappa shape index (κ1) is 20.8. The SMILES string of the molecule is Cc1cc(C(=O)[C@H](C)OC(=O)c2ccc(N)c([N+](=O)[O-])c2)c(C)n1Cc1ccco1. The maximum atomic E-state index is 12.9. The molecule has 0 spiro atoms. The summed E-state index contributed by atoms with van der Waals surface area (Å²) in [5.74, 6) is -0.462. The Morgan fingerprint density at radius 2 is 2.00 bits per heavy atom. The van der Waals surface area contributed by atoms with Gasteiger partial charge >= 0.3 is 5.97 Å². The van der Waals surface area contributed by atoms with Gasteiger partial charge in [-0.1, -0.05) is 0 Å². The Morgan fingerprint density at radius 1 is 1.27 bits per heavy atom. The minimum absolute atomic E-state index is 0.0566. The van der Waals surface area contributed by atoms with Gasteiger partial charge in [-0.15, -0.1) is 0 Å². The van der Waals surface area contributed by atoms with Crippen molar-refractivity contribution in [3.63, 3.8) is 0 Å². The highest BCUT2D eigenvalue weighted by Gasteiger charge is 2.25. The summed E-state index contributed by atoms with van der Waals surface area (Å²) >= 11 is 0. The van der Waals surface area contributed by atoms with E-state index in [4.69, 9.17) is 14.9 Å². The maximum absolute atomic E-state index is 12.9. The van der Waals surface area contributed by atoms with Crippen LogP contribution in [0.5, 0.6) is 0 Å². The predicted molar refractivity (Wildman–Crippen MR) is 108 cm³/mol. The summed E-state index contributed by atoms with van der Waals surface area (Å²) in [6.45, 7) is 5.61. The van der Waals surface area contributed by atoms with Crippen LogP contribution in [0, 0.1) is 24.0 Å². The van der Waals surface area contributed by atoms with E-state index in [-0.39, 0.29) is 17.0 Å². The van der Waals surface area contributed by atoms with Crippen LogP contribution in [0.3, 0.4) is 0 Å². The molecular formula is C21H21N3O6. The van der Waals surface area contributed by atoms with Gasteiger partial charge in [0, 0.05) is 23.0 Å². The fourth-order valence-corrected chi connectivity index (χ4v) is 3.18. The lowest BCUT2D eigenvalue weighted by molar-refractivity contribution is -0.383. The summed E-state index contributed by atoms with van der Waals surface area (Å²) in [7, 11) is 0. The van der Waals surface area contributed by atoms with Gasteiger partial charge in [0.1, 0.15) is 11.4 Å². The van der Waals surface area contributed by atoms with Crippen molar-refractivity contribution in [2.24, 2.45) is 0 Å². The largest absolute Gasteiger partial charge is 0.467 e. The maximum Gasteiger partial charge on any atom is 0.339 e. The van der Waals surface area contributed by atoms with Gasteiger partial charge in [0.2, 0.25) is 5.78 Å². The number of benzene rings is 1. The van der Waals surface area contributed by atoms with Crippen LogP contribution in [0.15, 0.2) is 47.1 Å². The highest BCUT2D eigenvalue weighted by molar-refractivity contribution is 6.02. The molecular weight excluding hydrogens is 390 g/mol. The van der Waals surface area contributed by atoms with Crippen molar-refractivity contribution in [2.45, 2.75) is 33.4 Å². The lowest BCUT2D eigenvalue weighted by atomic mass is 10.1. The fraction of sp³-hybridized carbons (Fsp3) is 0.238. The van der Waals surface area contributed by atoms with Crippen molar-refractivity contribution in [3.05, 3.63) is 81.1 Å². The van der Waals surface area contributed by atoms with Gasteiger partial charge in [-0.2, -0.15) is 0 Å². The van der Waals surface area contributed by atoms with E-state index in [1.54, 1.807) is 25.3 Å². The van der Waals surface area contributed by atoms with Gasteiger partial charge in [-0.3, -0.25) is 14.9 Å². The third-order valence-electron chi connectivity index (χ3n) is 4.85. The number of furan rings is 1. The highest BCUT2D eigenvalue weighted by Crippen LogP contribution is 2.24. The molecule has 1 atom stereocenters. The third kappa shape index (κ3) is 4.09. The van der Waals surface area contributed by atoms with Crippen LogP contribution in [-0.2, 0) is 11.3 Å². The van der Waals surface area contributed by atoms with Crippen LogP contribution in [0.4, 0.5) is 11.4 Å². The van der Waals surface area contributed by atoms with Crippen molar-refractivity contribution < 1.29 is 23.7 Å². The summed E-state index contributed by atoms with van der Waals surface area (Å²) in [4.78, 5) is 35.6. The zero-order valence-corrected chi connectivity index (χ0v) is 16.7. The van der Waals surface area contributed by atoms with E-state index in [0.717, 1.165) is 23.2 Å². The second kappa shape index (κ2) is 8.24. The number of carbonyl (C=O) groups excluding carboxylic acids is 2. The van der Waals surface area contributed by atoms with E-state index in [1.807, 2.05) is 17.6 Å². The molecule has 0 unspecified atom stereocenters. The molecule has 156 valence electrons. The molecule has 0 bridgehead atoms. The minimum atomic E-state index is -1.08. The third-order valence-corrected chi connectivity index (χ3v) is 4.85. The highest BCUT2D eigenvalue weighted by atomic mass is 16.6. The summed E-state index contributed by atoms with van der Waals surface area (Å²) in [5, 5.41) is 11.0. The average Bonchev–Trinajstić information content (AvgIpc) is 3.31. The zero-order chi connectivity index (χ0) is 22.0. The van der Waals surface area contributed by atoms with E-state index in [0.29, 0.717) is 12.1 Å². The van der Waals surface area contributed by atoms with Crippen molar-refractivity contribution in [2.75, 3.05) is 5.73 Å². The van der Waals surface area contributed by atoms with E-state index in [9.17, 15) is 19.7 Å². The number of anilines is 1. The first-order valence-electron chi connectivity index (χ1n) is 9.17. The van der Waals surface area contributed by atoms with Crippen LogP contribution in [0.25, 0.3) is 0 Å². The fourth-order valence-electron chi connectivity index (χ4n) is 3.18. The molecule has 0 aliphatic carbocycles. The van der Waals surface area contributed by atoms with E-state index >= 15 is 0 Å². The number of Topliss-reactive ketones (excluding diaryl/α,β-unsaturated/α-hetero) is 1. The number of hydrogen-bond donors (Lipinski definition) is 1. The number of aromatic nitrogens is 1. The molecule has 0 saturated heterocycles. The summed E-state index contributed by atoms with van der Waals surface area (Å²) in [6, 6.07) is 8.97. The number of esters is 1. The Hall–Kier alpha value is -3.88. The first-order valence-corrected chi connectivity index (χ1v) is 9.17. The molecule has 0 aliphatic rings. The van der Waals surface area contributed by atoms with Crippen LogP contribution in [-0.4, -0.2) is 27.3 Å². The topological polar surface area (TPSA) is 131 Å². The molecule has 30 heavy (non-hydrogen) atoms. The predicted octanol–water partition coefficient (Wildman–Crippen LogP) is 3.66. The summed E-state index contributed by atoms with van der Waals surface area (Å²) in [5.41, 5.74) is 7.04. The van der Waals surface area contributed by atoms with Crippen molar-refractivity contribution in [3.8, 4) is 0 Å². The summed E-state index contributed by atoms with van der Waals surface area (Å²) in [6.07, 6.45) is 0.505. The van der Waals surface area contributed by atoms with Crippen LogP contribution in [0.2, 0.25) is 0 Å². The zero-order valence-electron chi connectivity index (χ0n) is 16.7. The minimum Gasteiger partial charge on any atom is -0.467 e. The molecule has 3 rings (SSSR count). The normalized spacial score (nSPS) is 11.8.